The molecule has 2 aromatic rings. The van der Waals surface area contributed by atoms with Crippen molar-refractivity contribution in [3.63, 3.8) is 0 Å². The molecule has 1 fully saturated rings. The number of carboxylic acid groups (broad SMARTS) is 1. The Labute approximate surface area is 183 Å². The number of carbonyl (C=O) groups is 2. The summed E-state index contributed by atoms with van der Waals surface area (Å²) in [6, 6.07) is 6.98. The van der Waals surface area contributed by atoms with Gasteiger partial charge in [0, 0.05) is 29.6 Å². The van der Waals surface area contributed by atoms with Gasteiger partial charge >= 0.3 is 5.97 Å². The molecule has 0 aliphatic heterocycles. The standard InChI is InChI=1S/C23H33N3O3S/c1-15(14-30)6-5-11-24-20-10-4-8-18(20)22(27)26-21(23(28)29)12-16-13-25-19-9-3-2-7-17(16)19/h2-3,7,9,13,15,18,20-21,24-25,30H,4-6,8,10-12,14H2,1H3,(H,26,27)(H,28,29)/t15?,18?,20?,21-/m0/s1. The van der Waals surface area contributed by atoms with E-state index in [2.05, 4.69) is 35.2 Å². The average molecular weight is 432 g/mol. The molecule has 1 aromatic heterocycles. The molecular formula is C23H33N3O3S. The minimum Gasteiger partial charge on any atom is -0.480 e. The maximum Gasteiger partial charge on any atom is 0.326 e. The van der Waals surface area contributed by atoms with Gasteiger partial charge in [-0.15, -0.1) is 0 Å². The van der Waals surface area contributed by atoms with Crippen molar-refractivity contribution in [2.75, 3.05) is 12.3 Å². The molecule has 164 valence electrons. The second-order valence-electron chi connectivity index (χ2n) is 8.49. The molecule has 0 radical (unpaired) electrons. The summed E-state index contributed by atoms with van der Waals surface area (Å²) in [6.45, 7) is 3.07. The van der Waals surface area contributed by atoms with Gasteiger partial charge in [0.1, 0.15) is 6.04 Å². The van der Waals surface area contributed by atoms with Crippen LogP contribution in [0.2, 0.25) is 0 Å². The van der Waals surface area contributed by atoms with Gasteiger partial charge in [0.15, 0.2) is 0 Å². The number of rotatable bonds is 11. The largest absolute Gasteiger partial charge is 0.480 e. The fourth-order valence-electron chi connectivity index (χ4n) is 4.35. The molecule has 30 heavy (non-hydrogen) atoms. The summed E-state index contributed by atoms with van der Waals surface area (Å²) in [5.41, 5.74) is 1.87. The van der Waals surface area contributed by atoms with Gasteiger partial charge < -0.3 is 20.7 Å². The van der Waals surface area contributed by atoms with Gasteiger partial charge in [-0.2, -0.15) is 12.6 Å². The minimum absolute atomic E-state index is 0.124. The van der Waals surface area contributed by atoms with E-state index in [0.29, 0.717) is 5.92 Å². The van der Waals surface area contributed by atoms with E-state index >= 15 is 0 Å². The number of carboxylic acids is 1. The van der Waals surface area contributed by atoms with E-state index in [-0.39, 0.29) is 24.3 Å². The van der Waals surface area contributed by atoms with Crippen LogP contribution in [0.5, 0.6) is 0 Å². The third kappa shape index (κ3) is 5.79. The Balaban J connectivity index is 1.57. The molecule has 1 aliphatic carbocycles. The van der Waals surface area contributed by atoms with Gasteiger partial charge in [-0.3, -0.25) is 4.79 Å². The van der Waals surface area contributed by atoms with Gasteiger partial charge in [-0.1, -0.05) is 31.5 Å². The molecular weight excluding hydrogens is 398 g/mol. The van der Waals surface area contributed by atoms with E-state index < -0.39 is 12.0 Å². The summed E-state index contributed by atoms with van der Waals surface area (Å²) in [6.07, 6.45) is 7.02. The number of hydrogen-bond acceptors (Lipinski definition) is 4. The normalized spacial score (nSPS) is 20.9. The van der Waals surface area contributed by atoms with E-state index in [1.54, 1.807) is 0 Å². The number of benzene rings is 1. The first-order valence-corrected chi connectivity index (χ1v) is 11.5. The fraction of sp³-hybridized carbons (Fsp3) is 0.565. The topological polar surface area (TPSA) is 94.2 Å². The molecule has 1 saturated carbocycles. The monoisotopic (exact) mass is 431 g/mol. The van der Waals surface area contributed by atoms with E-state index in [9.17, 15) is 14.7 Å². The molecule has 3 rings (SSSR count). The van der Waals surface area contributed by atoms with Gasteiger partial charge in [-0.25, -0.2) is 4.79 Å². The smallest absolute Gasteiger partial charge is 0.326 e. The number of H-pyrrole nitrogens is 1. The lowest BCUT2D eigenvalue weighted by atomic mass is 10.00. The van der Waals surface area contributed by atoms with Crippen molar-refractivity contribution < 1.29 is 14.7 Å². The van der Waals surface area contributed by atoms with Crippen molar-refractivity contribution in [1.82, 2.24) is 15.6 Å². The van der Waals surface area contributed by atoms with Crippen LogP contribution in [0.3, 0.4) is 0 Å². The SMILES string of the molecule is CC(CS)CCCNC1CCCC1C(=O)N[C@@H](Cc1c[nH]c2ccccc12)C(=O)O. The number of hydrogen-bond donors (Lipinski definition) is 5. The number of fused-ring (bicyclic) bond motifs is 1. The van der Waals surface area contributed by atoms with Crippen LogP contribution < -0.4 is 10.6 Å². The molecule has 6 nitrogen and oxygen atoms in total. The number of aliphatic carboxylic acids is 1. The number of aromatic nitrogens is 1. The van der Waals surface area contributed by atoms with Crippen molar-refractivity contribution in [3.8, 4) is 0 Å². The number of thiol groups is 1. The zero-order valence-corrected chi connectivity index (χ0v) is 18.5. The molecule has 4 N–H and O–H groups in total. The third-order valence-corrected chi connectivity index (χ3v) is 6.78. The van der Waals surface area contributed by atoms with Crippen LogP contribution in [0.15, 0.2) is 30.5 Å². The second-order valence-corrected chi connectivity index (χ2v) is 8.86. The zero-order chi connectivity index (χ0) is 21.5. The fourth-order valence-corrected chi connectivity index (χ4v) is 4.53. The van der Waals surface area contributed by atoms with Crippen molar-refractivity contribution in [2.45, 2.75) is 57.5 Å². The highest BCUT2D eigenvalue weighted by Gasteiger charge is 2.34. The molecule has 0 saturated heterocycles. The molecule has 0 spiro atoms. The first-order valence-electron chi connectivity index (χ1n) is 10.9. The van der Waals surface area contributed by atoms with Crippen LogP contribution in [-0.2, 0) is 16.0 Å². The van der Waals surface area contributed by atoms with Crippen LogP contribution in [0.1, 0.15) is 44.6 Å². The average Bonchev–Trinajstić information content (AvgIpc) is 3.37. The number of nitrogens with one attached hydrogen (secondary N) is 3. The lowest BCUT2D eigenvalue weighted by molar-refractivity contribution is -0.142. The predicted octanol–water partition coefficient (Wildman–Crippen LogP) is 3.38. The molecule has 0 bridgehead atoms. The molecule has 1 aromatic carbocycles. The van der Waals surface area contributed by atoms with Gasteiger partial charge in [0.05, 0.1) is 5.92 Å². The number of amides is 1. The Morgan fingerprint density at radius 1 is 1.30 bits per heavy atom. The van der Waals surface area contributed by atoms with E-state index in [1.165, 1.54) is 0 Å². The van der Waals surface area contributed by atoms with Crippen molar-refractivity contribution in [2.24, 2.45) is 11.8 Å². The van der Waals surface area contributed by atoms with Gasteiger partial charge in [0.25, 0.3) is 0 Å². The quantitative estimate of drug-likeness (QED) is 0.278. The summed E-state index contributed by atoms with van der Waals surface area (Å²) in [5.74, 6) is 0.162. The van der Waals surface area contributed by atoms with Crippen molar-refractivity contribution in [3.05, 3.63) is 36.0 Å². The van der Waals surface area contributed by atoms with E-state index in [1.807, 2.05) is 30.5 Å². The van der Waals surface area contributed by atoms with Gasteiger partial charge in [-0.05, 0) is 55.5 Å². The van der Waals surface area contributed by atoms with Gasteiger partial charge in [0.2, 0.25) is 5.91 Å². The summed E-state index contributed by atoms with van der Waals surface area (Å²) in [5, 5.41) is 17.0. The minimum atomic E-state index is -1.00. The van der Waals surface area contributed by atoms with Crippen LogP contribution in [0, 0.1) is 11.8 Å². The maximum absolute atomic E-state index is 12.9. The van der Waals surface area contributed by atoms with E-state index in [4.69, 9.17) is 0 Å². The molecule has 3 unspecified atom stereocenters. The molecule has 1 heterocycles. The highest BCUT2D eigenvalue weighted by Crippen LogP contribution is 2.26. The number of aromatic amines is 1. The predicted molar refractivity (Wildman–Crippen MR) is 123 cm³/mol. The highest BCUT2D eigenvalue weighted by molar-refractivity contribution is 7.80. The lowest BCUT2D eigenvalue weighted by Crippen LogP contribution is -2.48. The second kappa shape index (κ2) is 10.9. The Bertz CT molecular complexity index is 853. The van der Waals surface area contributed by atoms with E-state index in [0.717, 1.165) is 60.9 Å². The maximum atomic E-state index is 12.9. The Hall–Kier alpha value is -1.99. The van der Waals surface area contributed by atoms with Crippen LogP contribution >= 0.6 is 12.6 Å². The van der Waals surface area contributed by atoms with Crippen molar-refractivity contribution >= 4 is 35.4 Å². The first kappa shape index (κ1) is 22.7. The lowest BCUT2D eigenvalue weighted by Gasteiger charge is -2.23. The number of para-hydroxylation sites is 1. The molecule has 1 aliphatic rings. The van der Waals surface area contributed by atoms with Crippen LogP contribution in [0.4, 0.5) is 0 Å². The van der Waals surface area contributed by atoms with Crippen LogP contribution in [-0.4, -0.2) is 46.3 Å². The molecule has 4 atom stereocenters. The Morgan fingerprint density at radius 3 is 2.87 bits per heavy atom. The Morgan fingerprint density at radius 2 is 2.10 bits per heavy atom. The zero-order valence-electron chi connectivity index (χ0n) is 17.6. The summed E-state index contributed by atoms with van der Waals surface area (Å²) in [7, 11) is 0. The first-order chi connectivity index (χ1) is 14.5. The summed E-state index contributed by atoms with van der Waals surface area (Å²) < 4.78 is 0. The number of carbonyl (C=O) groups excluding carboxylic acids is 1. The summed E-state index contributed by atoms with van der Waals surface area (Å²) >= 11 is 4.32. The Kier molecular flexibility index (Phi) is 8.22. The van der Waals surface area contributed by atoms with Crippen LogP contribution in [0.25, 0.3) is 10.9 Å². The molecule has 7 heteroatoms. The third-order valence-electron chi connectivity index (χ3n) is 6.16. The molecule has 1 amide bonds. The highest BCUT2D eigenvalue weighted by atomic mass is 32.1. The van der Waals surface area contributed by atoms with Crippen molar-refractivity contribution in [1.29, 1.82) is 0 Å². The summed E-state index contributed by atoms with van der Waals surface area (Å²) in [4.78, 5) is 27.9.